The van der Waals surface area contributed by atoms with Crippen LogP contribution in [0.15, 0.2) is 6.33 Å². The zero-order valence-electron chi connectivity index (χ0n) is 7.47. The number of rotatable bonds is 1. The molecule has 0 spiro atoms. The number of aryl methyl sites for hydroxylation is 1. The molecule has 0 aliphatic heterocycles. The first-order valence-corrected chi connectivity index (χ1v) is 3.98. The van der Waals surface area contributed by atoms with Crippen LogP contribution in [0.25, 0.3) is 5.65 Å². The van der Waals surface area contributed by atoms with Crippen molar-refractivity contribution in [2.24, 2.45) is 5.73 Å². The molecule has 2 N–H and O–H groups in total. The first kappa shape index (κ1) is 8.06. The van der Waals surface area contributed by atoms with Crippen LogP contribution in [-0.2, 0) is 0 Å². The molecule has 0 aliphatic carbocycles. The van der Waals surface area contributed by atoms with Crippen molar-refractivity contribution in [2.75, 3.05) is 0 Å². The highest BCUT2D eigenvalue weighted by molar-refractivity contribution is 5.42. The zero-order valence-corrected chi connectivity index (χ0v) is 7.47. The maximum absolute atomic E-state index is 5.74. The van der Waals surface area contributed by atoms with Crippen molar-refractivity contribution in [1.82, 2.24) is 24.8 Å². The first-order valence-electron chi connectivity index (χ1n) is 3.98. The summed E-state index contributed by atoms with van der Waals surface area (Å²) in [6.07, 6.45) is 1.54. The zero-order chi connectivity index (χ0) is 9.42. The molecule has 1 atom stereocenters. The van der Waals surface area contributed by atoms with E-state index in [-0.39, 0.29) is 6.04 Å². The highest BCUT2D eigenvalue weighted by Gasteiger charge is 2.10. The number of hydrogen-bond donors (Lipinski definition) is 1. The summed E-state index contributed by atoms with van der Waals surface area (Å²) in [6, 6.07) is -0.159. The van der Waals surface area contributed by atoms with Gasteiger partial charge in [-0.05, 0) is 13.8 Å². The molecule has 2 heterocycles. The lowest BCUT2D eigenvalue weighted by molar-refractivity contribution is 0.735. The van der Waals surface area contributed by atoms with E-state index in [9.17, 15) is 0 Å². The van der Waals surface area contributed by atoms with Gasteiger partial charge in [0, 0.05) is 6.04 Å². The molecular formula is C7H10N6. The van der Waals surface area contributed by atoms with Crippen LogP contribution < -0.4 is 5.73 Å². The summed E-state index contributed by atoms with van der Waals surface area (Å²) in [5.74, 6) is 0.666. The second-order valence-electron chi connectivity index (χ2n) is 2.93. The lowest BCUT2D eigenvalue weighted by Crippen LogP contribution is -2.12. The molecule has 0 unspecified atom stereocenters. The Morgan fingerprint density at radius 1 is 1.54 bits per heavy atom. The predicted octanol–water partition coefficient (Wildman–Crippen LogP) is -0.153. The fraction of sp³-hybridized carbons (Fsp3) is 0.429. The Bertz CT molecular complexity index is 431. The Hall–Kier alpha value is -1.56. The Kier molecular flexibility index (Phi) is 1.70. The monoisotopic (exact) mass is 178 g/mol. The maximum atomic E-state index is 5.74. The van der Waals surface area contributed by atoms with Gasteiger partial charge in [-0.1, -0.05) is 0 Å². The number of nitrogens with zero attached hydrogens (tertiary/aromatic N) is 5. The fourth-order valence-corrected chi connectivity index (χ4v) is 1.18. The summed E-state index contributed by atoms with van der Waals surface area (Å²) in [4.78, 5) is 4.21. The average molecular weight is 178 g/mol. The van der Waals surface area contributed by atoms with Crippen molar-refractivity contribution in [2.45, 2.75) is 19.9 Å². The van der Waals surface area contributed by atoms with E-state index in [0.29, 0.717) is 11.5 Å². The van der Waals surface area contributed by atoms with Gasteiger partial charge in [0.05, 0.1) is 0 Å². The van der Waals surface area contributed by atoms with Gasteiger partial charge in [-0.15, -0.1) is 10.2 Å². The van der Waals surface area contributed by atoms with Crippen LogP contribution in [-0.4, -0.2) is 24.8 Å². The molecule has 0 bridgehead atoms. The molecule has 68 valence electrons. The van der Waals surface area contributed by atoms with E-state index in [1.807, 2.05) is 13.8 Å². The number of hydrogen-bond acceptors (Lipinski definition) is 5. The summed E-state index contributed by atoms with van der Waals surface area (Å²) in [7, 11) is 0. The van der Waals surface area contributed by atoms with E-state index in [0.717, 1.165) is 5.69 Å². The van der Waals surface area contributed by atoms with Gasteiger partial charge in [0.15, 0.2) is 0 Å². The van der Waals surface area contributed by atoms with Crippen molar-refractivity contribution >= 4 is 5.65 Å². The van der Waals surface area contributed by atoms with Crippen molar-refractivity contribution in [3.8, 4) is 0 Å². The molecule has 13 heavy (non-hydrogen) atoms. The largest absolute Gasteiger partial charge is 0.323 e. The van der Waals surface area contributed by atoms with Crippen molar-refractivity contribution < 1.29 is 0 Å². The molecule has 2 rings (SSSR count). The number of nitrogens with two attached hydrogens (primary N) is 1. The van der Waals surface area contributed by atoms with E-state index in [1.165, 1.54) is 6.33 Å². The van der Waals surface area contributed by atoms with Gasteiger partial charge in [-0.2, -0.15) is 9.61 Å². The third kappa shape index (κ3) is 1.25. The topological polar surface area (TPSA) is 82.0 Å². The van der Waals surface area contributed by atoms with Gasteiger partial charge in [-0.25, -0.2) is 4.98 Å². The second kappa shape index (κ2) is 2.74. The molecule has 6 heteroatoms. The van der Waals surface area contributed by atoms with Crippen LogP contribution in [0.5, 0.6) is 0 Å². The summed E-state index contributed by atoms with van der Waals surface area (Å²) in [5.41, 5.74) is 7.09. The lowest BCUT2D eigenvalue weighted by Gasteiger charge is -2.05. The summed E-state index contributed by atoms with van der Waals surface area (Å²) in [5, 5.41) is 11.7. The minimum Gasteiger partial charge on any atom is -0.323 e. The summed E-state index contributed by atoms with van der Waals surface area (Å²) >= 11 is 0. The van der Waals surface area contributed by atoms with Gasteiger partial charge in [0.25, 0.3) is 0 Å². The maximum Gasteiger partial charge on any atom is 0.200 e. The standard InChI is InChI=1S/C7H10N6/c1-4(8)6-7-11-9-3-13(7)12-5(2)10-6/h3-4H,8H2,1-2H3/t4-/m1/s1. The van der Waals surface area contributed by atoms with Crippen LogP contribution in [0.4, 0.5) is 0 Å². The van der Waals surface area contributed by atoms with E-state index >= 15 is 0 Å². The molecule has 0 radical (unpaired) electrons. The van der Waals surface area contributed by atoms with E-state index in [4.69, 9.17) is 5.73 Å². The smallest absolute Gasteiger partial charge is 0.200 e. The highest BCUT2D eigenvalue weighted by Crippen LogP contribution is 2.10. The summed E-state index contributed by atoms with van der Waals surface area (Å²) < 4.78 is 1.58. The molecule has 0 fully saturated rings. The van der Waals surface area contributed by atoms with Gasteiger partial charge >= 0.3 is 0 Å². The Balaban J connectivity index is 2.77. The SMILES string of the molecule is Cc1nc([C@@H](C)N)c2nncn2n1. The molecule has 2 aromatic heterocycles. The molecule has 0 aliphatic rings. The molecule has 6 nitrogen and oxygen atoms in total. The van der Waals surface area contributed by atoms with Gasteiger partial charge in [0.1, 0.15) is 17.8 Å². The van der Waals surface area contributed by atoms with Crippen molar-refractivity contribution in [3.63, 3.8) is 0 Å². The minimum atomic E-state index is -0.159. The van der Waals surface area contributed by atoms with E-state index in [2.05, 4.69) is 20.3 Å². The minimum absolute atomic E-state index is 0.159. The third-order valence-corrected chi connectivity index (χ3v) is 1.73. The lowest BCUT2D eigenvalue weighted by atomic mass is 10.2. The Labute approximate surface area is 74.8 Å². The molecule has 0 aromatic carbocycles. The van der Waals surface area contributed by atoms with E-state index < -0.39 is 0 Å². The fourth-order valence-electron chi connectivity index (χ4n) is 1.18. The normalized spacial score (nSPS) is 13.5. The Morgan fingerprint density at radius 2 is 2.31 bits per heavy atom. The van der Waals surface area contributed by atoms with Crippen molar-refractivity contribution in [3.05, 3.63) is 17.8 Å². The first-order chi connectivity index (χ1) is 6.18. The van der Waals surface area contributed by atoms with Crippen LogP contribution in [0.1, 0.15) is 24.5 Å². The van der Waals surface area contributed by atoms with Gasteiger partial charge in [0.2, 0.25) is 5.65 Å². The van der Waals surface area contributed by atoms with Gasteiger partial charge in [-0.3, -0.25) is 0 Å². The molecule has 2 aromatic rings. The number of aromatic nitrogens is 5. The molecule has 0 saturated carbocycles. The highest BCUT2D eigenvalue weighted by atomic mass is 15.4. The Morgan fingerprint density at radius 3 is 3.00 bits per heavy atom. The average Bonchev–Trinajstić information content (AvgIpc) is 2.49. The number of fused-ring (bicyclic) bond motifs is 1. The predicted molar refractivity (Wildman–Crippen MR) is 45.9 cm³/mol. The third-order valence-electron chi connectivity index (χ3n) is 1.73. The van der Waals surface area contributed by atoms with Crippen LogP contribution in [0.3, 0.4) is 0 Å². The molecule has 0 saturated heterocycles. The van der Waals surface area contributed by atoms with Crippen LogP contribution in [0.2, 0.25) is 0 Å². The van der Waals surface area contributed by atoms with Crippen LogP contribution in [0, 0.1) is 6.92 Å². The van der Waals surface area contributed by atoms with E-state index in [1.54, 1.807) is 4.52 Å². The van der Waals surface area contributed by atoms with Gasteiger partial charge < -0.3 is 5.73 Å². The quantitative estimate of drug-likeness (QED) is 0.656. The molecular weight excluding hydrogens is 168 g/mol. The van der Waals surface area contributed by atoms with Crippen LogP contribution >= 0.6 is 0 Å². The summed E-state index contributed by atoms with van der Waals surface area (Å²) in [6.45, 7) is 3.67. The van der Waals surface area contributed by atoms with Crippen molar-refractivity contribution in [1.29, 1.82) is 0 Å². The second-order valence-corrected chi connectivity index (χ2v) is 2.93. The molecule has 0 amide bonds.